The number of rotatable bonds is 6. The summed E-state index contributed by atoms with van der Waals surface area (Å²) in [4.78, 5) is 44.9. The Morgan fingerprint density at radius 2 is 1.83 bits per heavy atom. The number of ether oxygens (including phenoxy) is 4. The second-order valence-electron chi connectivity index (χ2n) is 12.9. The van der Waals surface area contributed by atoms with Crippen molar-refractivity contribution < 1.29 is 38.4 Å². The number of amides is 1. The number of carbonyl (C=O) groups excluding carboxylic acids is 3. The van der Waals surface area contributed by atoms with E-state index in [1.807, 2.05) is 32.8 Å². The van der Waals surface area contributed by atoms with Crippen molar-refractivity contribution in [2.24, 2.45) is 17.8 Å². The van der Waals surface area contributed by atoms with Gasteiger partial charge in [-0.2, -0.15) is 0 Å². The molecule has 1 unspecified atom stereocenters. The molecule has 0 aliphatic carbocycles. The molecule has 2 fully saturated rings. The molecule has 0 aromatic carbocycles. The average Bonchev–Trinajstić information content (AvgIpc) is 2.91. The van der Waals surface area contributed by atoms with Gasteiger partial charge in [0.2, 0.25) is 5.91 Å². The van der Waals surface area contributed by atoms with Gasteiger partial charge in [0, 0.05) is 25.6 Å². The molecule has 0 aromatic heterocycles. The Morgan fingerprint density at radius 3 is 2.43 bits per heavy atom. The lowest BCUT2D eigenvalue weighted by Crippen LogP contribution is -2.59. The molecule has 0 radical (unpaired) electrons. The number of methoxy groups -OCH3 is 1. The van der Waals surface area contributed by atoms with Crippen LogP contribution in [0.5, 0.6) is 0 Å². The molecule has 0 bridgehead atoms. The Labute approximate surface area is 252 Å². The van der Waals surface area contributed by atoms with Crippen LogP contribution in [0, 0.1) is 17.8 Å². The summed E-state index contributed by atoms with van der Waals surface area (Å²) in [6, 6.07) is -0.195. The van der Waals surface area contributed by atoms with Crippen molar-refractivity contribution in [3.8, 4) is 0 Å². The van der Waals surface area contributed by atoms with Gasteiger partial charge in [-0.3, -0.25) is 14.4 Å². The number of carbonyl (C=O) groups is 3. The van der Waals surface area contributed by atoms with Gasteiger partial charge in [0.15, 0.2) is 18.8 Å². The third-order valence-corrected chi connectivity index (χ3v) is 8.50. The topological polar surface area (TPSA) is 130 Å². The highest BCUT2D eigenvalue weighted by atomic mass is 16.7. The number of likely N-dealkylation sites (N-methyl/N-ethyl adjacent to an activating group) is 2. The van der Waals surface area contributed by atoms with Crippen LogP contribution in [0.15, 0.2) is 0 Å². The van der Waals surface area contributed by atoms with Gasteiger partial charge in [0.1, 0.15) is 12.0 Å². The number of ketones is 1. The summed E-state index contributed by atoms with van der Waals surface area (Å²) in [5, 5.41) is 14.7. The monoisotopic (exact) mass is 600 g/mol. The number of Topliss-reactive ketones (excluding diaryl/α,β-unsaturated/α-hetero) is 1. The number of aliphatic hydroxyl groups is 1. The number of hydrogen-bond donors (Lipinski definition) is 2. The van der Waals surface area contributed by atoms with Gasteiger partial charge in [-0.15, -0.1) is 0 Å². The molecule has 9 atom stereocenters. The van der Waals surface area contributed by atoms with Gasteiger partial charge in [0.25, 0.3) is 0 Å². The van der Waals surface area contributed by atoms with E-state index in [0.717, 1.165) is 0 Å². The maximum Gasteiger partial charge on any atom is 0.317 e. The van der Waals surface area contributed by atoms with Crippen molar-refractivity contribution >= 4 is 17.7 Å². The molecule has 2 saturated heterocycles. The minimum atomic E-state index is -1.10. The number of aliphatic hydroxyl groups excluding tert-OH is 1. The minimum absolute atomic E-state index is 0.135. The molecule has 1 amide bonds. The van der Waals surface area contributed by atoms with E-state index < -0.39 is 41.9 Å². The van der Waals surface area contributed by atoms with Crippen molar-refractivity contribution in [3.05, 3.63) is 0 Å². The van der Waals surface area contributed by atoms with Crippen molar-refractivity contribution in [2.45, 2.75) is 90.1 Å². The molecule has 12 heteroatoms. The molecular formula is C30H56N4O8. The van der Waals surface area contributed by atoms with Gasteiger partial charge in [-0.1, -0.05) is 13.8 Å². The molecule has 2 aliphatic rings. The number of hydrogen-bond acceptors (Lipinski definition) is 11. The molecule has 0 spiro atoms. The minimum Gasteiger partial charge on any atom is -0.444 e. The average molecular weight is 601 g/mol. The van der Waals surface area contributed by atoms with Crippen LogP contribution in [-0.4, -0.2) is 142 Å². The number of cyclic esters (lactones) is 1. The van der Waals surface area contributed by atoms with E-state index in [1.165, 1.54) is 11.8 Å². The predicted octanol–water partition coefficient (Wildman–Crippen LogP) is 0.954. The molecule has 2 N–H and O–H groups in total. The number of nitrogens with one attached hydrogen (secondary N) is 1. The number of esters is 1. The quantitative estimate of drug-likeness (QED) is 0.334. The van der Waals surface area contributed by atoms with E-state index in [0.29, 0.717) is 38.9 Å². The first-order chi connectivity index (χ1) is 19.6. The summed E-state index contributed by atoms with van der Waals surface area (Å²) in [6.45, 7) is 10.9. The third kappa shape index (κ3) is 9.93. The lowest BCUT2D eigenvalue weighted by atomic mass is 9.78. The first-order valence-electron chi connectivity index (χ1n) is 15.1. The van der Waals surface area contributed by atoms with Crippen LogP contribution in [0.1, 0.15) is 53.9 Å². The first-order valence-corrected chi connectivity index (χ1v) is 15.1. The largest absolute Gasteiger partial charge is 0.444 e. The summed E-state index contributed by atoms with van der Waals surface area (Å²) >= 11 is 0. The van der Waals surface area contributed by atoms with Gasteiger partial charge in [-0.05, 0) is 87.2 Å². The molecule has 12 nitrogen and oxygen atoms in total. The lowest BCUT2D eigenvalue weighted by molar-refractivity contribution is -0.295. The summed E-state index contributed by atoms with van der Waals surface area (Å²) in [5.41, 5.74) is -0.941. The van der Waals surface area contributed by atoms with Crippen LogP contribution in [0.4, 0.5) is 0 Å². The molecular weight excluding hydrogens is 544 g/mol. The van der Waals surface area contributed by atoms with Gasteiger partial charge in [0.05, 0.1) is 24.4 Å². The second-order valence-corrected chi connectivity index (χ2v) is 12.9. The molecule has 2 heterocycles. The molecule has 0 aromatic rings. The molecule has 2 rings (SSSR count). The van der Waals surface area contributed by atoms with E-state index >= 15 is 0 Å². The maximum absolute atomic E-state index is 13.8. The van der Waals surface area contributed by atoms with Gasteiger partial charge in [-0.25, -0.2) is 0 Å². The highest BCUT2D eigenvalue weighted by Crippen LogP contribution is 2.36. The van der Waals surface area contributed by atoms with E-state index in [-0.39, 0.29) is 43.0 Å². The van der Waals surface area contributed by atoms with Crippen molar-refractivity contribution in [1.29, 1.82) is 0 Å². The zero-order valence-corrected chi connectivity index (χ0v) is 27.4. The molecule has 42 heavy (non-hydrogen) atoms. The van der Waals surface area contributed by atoms with Crippen LogP contribution in [0.3, 0.4) is 0 Å². The Morgan fingerprint density at radius 1 is 1.17 bits per heavy atom. The normalized spacial score (nSPS) is 36.7. The fourth-order valence-electron chi connectivity index (χ4n) is 5.97. The van der Waals surface area contributed by atoms with Crippen molar-refractivity contribution in [1.82, 2.24) is 20.0 Å². The van der Waals surface area contributed by atoms with E-state index in [2.05, 4.69) is 12.2 Å². The molecule has 0 saturated carbocycles. The first kappa shape index (κ1) is 36.5. The fraction of sp³-hybridized carbons (Fsp3) is 0.900. The zero-order valence-electron chi connectivity index (χ0n) is 27.4. The Kier molecular flexibility index (Phi) is 14.3. The molecule has 244 valence electrons. The zero-order chi connectivity index (χ0) is 31.8. The Hall–Kier alpha value is -1.67. The SMILES string of the molecule is CO[C@]1(C)C[C@@H](C)CNCCCN(C(=O)CN(C)C)COC(=O)C(C)C(=O)[C@H](C)[C@H]1O[C@@H]1O[C@H](C)C[C@H](N(C)C)[C@H]1O. The summed E-state index contributed by atoms with van der Waals surface area (Å²) in [7, 11) is 9.00. The summed E-state index contributed by atoms with van der Waals surface area (Å²) < 4.78 is 24.2. The number of nitrogens with zero attached hydrogens (tertiary/aromatic N) is 3. The predicted molar refractivity (Wildman–Crippen MR) is 159 cm³/mol. The fourth-order valence-corrected chi connectivity index (χ4v) is 5.97. The Bertz CT molecular complexity index is 889. The van der Waals surface area contributed by atoms with Gasteiger partial charge >= 0.3 is 5.97 Å². The summed E-state index contributed by atoms with van der Waals surface area (Å²) in [6.07, 6.45) is -1.11. The van der Waals surface area contributed by atoms with Crippen LogP contribution in [0.25, 0.3) is 0 Å². The van der Waals surface area contributed by atoms with Crippen LogP contribution in [0.2, 0.25) is 0 Å². The Balaban J connectivity index is 2.39. The van der Waals surface area contributed by atoms with Crippen LogP contribution in [-0.2, 0) is 33.3 Å². The second kappa shape index (κ2) is 16.4. The van der Waals surface area contributed by atoms with Crippen LogP contribution < -0.4 is 5.32 Å². The van der Waals surface area contributed by atoms with Crippen LogP contribution >= 0.6 is 0 Å². The lowest BCUT2D eigenvalue weighted by Gasteiger charge is -2.46. The van der Waals surface area contributed by atoms with E-state index in [4.69, 9.17) is 18.9 Å². The highest BCUT2D eigenvalue weighted by molar-refractivity contribution is 6.00. The van der Waals surface area contributed by atoms with E-state index in [1.54, 1.807) is 33.0 Å². The van der Waals surface area contributed by atoms with Gasteiger partial charge < -0.3 is 44.1 Å². The summed E-state index contributed by atoms with van der Waals surface area (Å²) in [5.74, 6) is -3.01. The van der Waals surface area contributed by atoms with Crippen molar-refractivity contribution in [3.63, 3.8) is 0 Å². The maximum atomic E-state index is 13.8. The standard InChI is InChI=1S/C30H56N4O8/c1-19-15-30(5,39-10)27(42-29-26(37)23(33(8)9)14-20(2)41-29)21(3)25(36)22(4)28(38)40-18-34(13-11-12-31-16-19)24(35)17-32(6)7/h19-23,26-27,29,31,37H,11-18H2,1-10H3/t19-,20-,21+,22?,23+,26-,27-,29+,30-/m1/s1. The highest BCUT2D eigenvalue weighted by Gasteiger charge is 2.48. The molecule has 2 aliphatic heterocycles. The van der Waals surface area contributed by atoms with Crippen molar-refractivity contribution in [2.75, 3.05) is 68.2 Å². The smallest absolute Gasteiger partial charge is 0.317 e. The van der Waals surface area contributed by atoms with E-state index in [9.17, 15) is 19.5 Å². The third-order valence-electron chi connectivity index (χ3n) is 8.50.